The van der Waals surface area contributed by atoms with Crippen LogP contribution in [0.1, 0.15) is 17.1 Å². The quantitative estimate of drug-likeness (QED) is 0.449. The highest BCUT2D eigenvalue weighted by atomic mass is 32.2. The summed E-state index contributed by atoms with van der Waals surface area (Å²) in [7, 11) is 0. The van der Waals surface area contributed by atoms with E-state index in [2.05, 4.69) is 10.4 Å². The molecule has 9 heteroatoms. The zero-order valence-corrected chi connectivity index (χ0v) is 13.8. The maximum atomic E-state index is 11.9. The highest BCUT2D eigenvalue weighted by Gasteiger charge is 2.22. The first kappa shape index (κ1) is 17.1. The Morgan fingerprint density at radius 3 is 2.91 bits per heavy atom. The lowest BCUT2D eigenvalue weighted by atomic mass is 10.3. The number of carbonyl (C=O) groups excluding carboxylic acids is 1. The first-order chi connectivity index (χ1) is 11.0. The highest BCUT2D eigenvalue weighted by molar-refractivity contribution is 7.98. The van der Waals surface area contributed by atoms with Gasteiger partial charge in [-0.15, -0.1) is 0 Å². The molecule has 0 aliphatic carbocycles. The lowest BCUT2D eigenvalue weighted by Gasteiger charge is -2.06. The van der Waals surface area contributed by atoms with Crippen molar-refractivity contribution >= 4 is 23.4 Å². The lowest BCUT2D eigenvalue weighted by molar-refractivity contribution is -0.386. The van der Waals surface area contributed by atoms with Crippen LogP contribution in [0.2, 0.25) is 0 Å². The molecule has 8 nitrogen and oxygen atoms in total. The van der Waals surface area contributed by atoms with Gasteiger partial charge in [-0.2, -0.15) is 16.9 Å². The number of amides is 1. The topological polar surface area (TPSA) is 103 Å². The zero-order valence-electron chi connectivity index (χ0n) is 12.9. The van der Waals surface area contributed by atoms with E-state index in [1.165, 1.54) is 4.68 Å². The monoisotopic (exact) mass is 338 g/mol. The molecule has 2 heterocycles. The van der Waals surface area contributed by atoms with Crippen molar-refractivity contribution in [2.24, 2.45) is 0 Å². The summed E-state index contributed by atoms with van der Waals surface area (Å²) in [5, 5.41) is 17.7. The third kappa shape index (κ3) is 4.59. The van der Waals surface area contributed by atoms with Crippen LogP contribution in [-0.4, -0.2) is 32.9 Å². The number of furan rings is 1. The van der Waals surface area contributed by atoms with Crippen molar-refractivity contribution in [1.82, 2.24) is 15.1 Å². The SMILES string of the molecule is Cc1nn(CC(=O)NCCSCc2ccco2)c(C)c1[N+](=O)[O-]. The van der Waals surface area contributed by atoms with Crippen molar-refractivity contribution in [3.05, 3.63) is 45.7 Å². The van der Waals surface area contributed by atoms with E-state index in [-0.39, 0.29) is 18.1 Å². The van der Waals surface area contributed by atoms with Gasteiger partial charge in [0.25, 0.3) is 0 Å². The van der Waals surface area contributed by atoms with Gasteiger partial charge in [-0.1, -0.05) is 0 Å². The fourth-order valence-electron chi connectivity index (χ4n) is 2.13. The molecular weight excluding hydrogens is 320 g/mol. The minimum Gasteiger partial charge on any atom is -0.468 e. The molecule has 1 amide bonds. The second-order valence-corrected chi connectivity index (χ2v) is 6.02. The zero-order chi connectivity index (χ0) is 16.8. The molecule has 0 saturated heterocycles. The first-order valence-electron chi connectivity index (χ1n) is 7.04. The van der Waals surface area contributed by atoms with Crippen molar-refractivity contribution < 1.29 is 14.1 Å². The molecule has 0 aliphatic rings. The minimum atomic E-state index is -0.475. The van der Waals surface area contributed by atoms with E-state index in [4.69, 9.17) is 4.42 Å². The van der Waals surface area contributed by atoms with Crippen LogP contribution < -0.4 is 5.32 Å². The molecule has 2 rings (SSSR count). The van der Waals surface area contributed by atoms with Crippen LogP contribution >= 0.6 is 11.8 Å². The molecule has 0 spiro atoms. The second-order valence-electron chi connectivity index (χ2n) is 4.92. The summed E-state index contributed by atoms with van der Waals surface area (Å²) in [4.78, 5) is 22.3. The summed E-state index contributed by atoms with van der Waals surface area (Å²) in [5.41, 5.74) is 0.663. The van der Waals surface area contributed by atoms with Crippen LogP contribution in [0, 0.1) is 24.0 Å². The molecule has 1 N–H and O–H groups in total. The second kappa shape index (κ2) is 7.82. The van der Waals surface area contributed by atoms with Gasteiger partial charge in [0.2, 0.25) is 5.91 Å². The molecule has 0 bridgehead atoms. The Morgan fingerprint density at radius 2 is 2.30 bits per heavy atom. The number of nitro groups is 1. The molecule has 0 saturated carbocycles. The Balaban J connectivity index is 1.74. The molecule has 2 aromatic heterocycles. The summed E-state index contributed by atoms with van der Waals surface area (Å²) in [5.74, 6) is 2.19. The van der Waals surface area contributed by atoms with Gasteiger partial charge < -0.3 is 9.73 Å². The van der Waals surface area contributed by atoms with E-state index >= 15 is 0 Å². The number of carbonyl (C=O) groups is 1. The average Bonchev–Trinajstić information content (AvgIpc) is 3.07. The Labute approximate surface area is 137 Å². The fraction of sp³-hybridized carbons (Fsp3) is 0.429. The lowest BCUT2D eigenvalue weighted by Crippen LogP contribution is -2.30. The molecule has 0 aromatic carbocycles. The van der Waals surface area contributed by atoms with Gasteiger partial charge in [0.15, 0.2) is 0 Å². The van der Waals surface area contributed by atoms with Gasteiger partial charge in [0.1, 0.15) is 23.7 Å². The van der Waals surface area contributed by atoms with Gasteiger partial charge in [-0.05, 0) is 26.0 Å². The Bertz CT molecular complexity index is 681. The third-order valence-corrected chi connectivity index (χ3v) is 4.19. The van der Waals surface area contributed by atoms with Crippen molar-refractivity contribution in [1.29, 1.82) is 0 Å². The molecule has 124 valence electrons. The predicted octanol–water partition coefficient (Wildman–Crippen LogP) is 2.05. The number of aryl methyl sites for hydroxylation is 1. The van der Waals surface area contributed by atoms with E-state index in [9.17, 15) is 14.9 Å². The first-order valence-corrected chi connectivity index (χ1v) is 8.19. The molecule has 0 unspecified atom stereocenters. The van der Waals surface area contributed by atoms with Crippen LogP contribution in [0.3, 0.4) is 0 Å². The molecule has 2 aromatic rings. The highest BCUT2D eigenvalue weighted by Crippen LogP contribution is 2.21. The van der Waals surface area contributed by atoms with Crippen molar-refractivity contribution in [2.45, 2.75) is 26.1 Å². The van der Waals surface area contributed by atoms with Gasteiger partial charge in [0.05, 0.1) is 16.9 Å². The number of thioether (sulfide) groups is 1. The van der Waals surface area contributed by atoms with Crippen molar-refractivity contribution in [3.63, 3.8) is 0 Å². The molecule has 0 aliphatic heterocycles. The minimum absolute atomic E-state index is 0.0244. The van der Waals surface area contributed by atoms with Gasteiger partial charge in [-0.3, -0.25) is 19.6 Å². The van der Waals surface area contributed by atoms with E-state index in [1.54, 1.807) is 31.9 Å². The molecule has 0 radical (unpaired) electrons. The van der Waals surface area contributed by atoms with E-state index < -0.39 is 4.92 Å². The van der Waals surface area contributed by atoms with Gasteiger partial charge in [-0.25, -0.2) is 0 Å². The summed E-state index contributed by atoms with van der Waals surface area (Å²) in [6, 6.07) is 3.74. The number of aromatic nitrogens is 2. The number of nitrogens with one attached hydrogen (secondary N) is 1. The molecule has 23 heavy (non-hydrogen) atoms. The van der Waals surface area contributed by atoms with Crippen LogP contribution in [-0.2, 0) is 17.1 Å². The van der Waals surface area contributed by atoms with Crippen LogP contribution in [0.5, 0.6) is 0 Å². The summed E-state index contributed by atoms with van der Waals surface area (Å²) < 4.78 is 6.57. The normalized spacial score (nSPS) is 10.7. The Hall–Kier alpha value is -2.29. The van der Waals surface area contributed by atoms with Crippen LogP contribution in [0.25, 0.3) is 0 Å². The van der Waals surface area contributed by atoms with E-state index in [1.807, 2.05) is 12.1 Å². The van der Waals surface area contributed by atoms with Crippen LogP contribution in [0.4, 0.5) is 5.69 Å². The molecule has 0 atom stereocenters. The van der Waals surface area contributed by atoms with Gasteiger partial charge >= 0.3 is 5.69 Å². The molecule has 0 fully saturated rings. The summed E-state index contributed by atoms with van der Waals surface area (Å²) in [6.07, 6.45) is 1.63. The molecular formula is C14H18N4O4S. The van der Waals surface area contributed by atoms with Gasteiger partial charge in [0, 0.05) is 12.3 Å². The smallest absolute Gasteiger partial charge is 0.312 e. The van der Waals surface area contributed by atoms with E-state index in [0.717, 1.165) is 17.3 Å². The van der Waals surface area contributed by atoms with Crippen molar-refractivity contribution in [2.75, 3.05) is 12.3 Å². The summed E-state index contributed by atoms with van der Waals surface area (Å²) in [6.45, 7) is 3.64. The number of nitrogens with zero attached hydrogens (tertiary/aromatic N) is 3. The fourth-order valence-corrected chi connectivity index (χ4v) is 2.88. The largest absolute Gasteiger partial charge is 0.468 e. The maximum absolute atomic E-state index is 11.9. The Kier molecular flexibility index (Phi) is 5.80. The van der Waals surface area contributed by atoms with Crippen molar-refractivity contribution in [3.8, 4) is 0 Å². The Morgan fingerprint density at radius 1 is 1.52 bits per heavy atom. The number of hydrogen-bond acceptors (Lipinski definition) is 6. The maximum Gasteiger partial charge on any atom is 0.312 e. The average molecular weight is 338 g/mol. The third-order valence-electron chi connectivity index (χ3n) is 3.21. The van der Waals surface area contributed by atoms with Crippen LogP contribution in [0.15, 0.2) is 22.8 Å². The van der Waals surface area contributed by atoms with E-state index in [0.29, 0.717) is 17.9 Å². The summed E-state index contributed by atoms with van der Waals surface area (Å²) >= 11 is 1.65. The predicted molar refractivity (Wildman–Crippen MR) is 86.2 cm³/mol. The standard InChI is InChI=1S/C14H18N4O4S/c1-10-14(18(20)21)11(2)17(16-10)8-13(19)15-5-7-23-9-12-4-3-6-22-12/h3-4,6H,5,7-9H2,1-2H3,(H,15,19). The number of hydrogen-bond donors (Lipinski definition) is 1. The number of rotatable bonds is 8.